The Morgan fingerprint density at radius 3 is 2.14 bits per heavy atom. The molecule has 0 bridgehead atoms. The Morgan fingerprint density at radius 2 is 2.14 bits per heavy atom. The van der Waals surface area contributed by atoms with Gasteiger partial charge in [0.05, 0.1) is 4.87 Å². The summed E-state index contributed by atoms with van der Waals surface area (Å²) >= 11 is -2.04. The van der Waals surface area contributed by atoms with Crippen molar-refractivity contribution in [3.8, 4) is 0 Å². The van der Waals surface area contributed by atoms with Crippen molar-refractivity contribution in [1.82, 2.24) is 0 Å². The molecule has 0 aromatic rings. The lowest BCUT2D eigenvalue weighted by Crippen LogP contribution is -2.26. The second kappa shape index (κ2) is 1.27. The summed E-state index contributed by atoms with van der Waals surface area (Å²) in [6, 6.07) is 0. The number of hydrogen-bond acceptors (Lipinski definition) is 3. The van der Waals surface area contributed by atoms with Crippen LogP contribution in [0.2, 0.25) is 0 Å². The molecular formula is C3H6NO2S-. The Kier molecular flexibility index (Phi) is 0.948. The molecule has 1 fully saturated rings. The molecule has 2 N–H and O–H groups in total. The van der Waals surface area contributed by atoms with E-state index in [-0.39, 0.29) is 0 Å². The maximum absolute atomic E-state index is 9.96. The summed E-state index contributed by atoms with van der Waals surface area (Å²) in [5, 5.41) is 0. The summed E-state index contributed by atoms with van der Waals surface area (Å²) in [7, 11) is 0. The van der Waals surface area contributed by atoms with Gasteiger partial charge in [-0.2, -0.15) is 0 Å². The molecule has 1 saturated carbocycles. The highest BCUT2D eigenvalue weighted by atomic mass is 32.2. The Hall–Kier alpha value is 0.0700. The Morgan fingerprint density at radius 1 is 1.71 bits per heavy atom. The average molecular weight is 120 g/mol. The fourth-order valence-corrected chi connectivity index (χ4v) is 0.725. The molecule has 1 atom stereocenters. The van der Waals surface area contributed by atoms with Crippen LogP contribution in [0, 0.1) is 0 Å². The van der Waals surface area contributed by atoms with Gasteiger partial charge in [-0.3, -0.25) is 4.21 Å². The SMILES string of the molecule is NC1(S(=O)[O-])CC1. The van der Waals surface area contributed by atoms with Gasteiger partial charge in [0.1, 0.15) is 0 Å². The average Bonchev–Trinajstić information content (AvgIpc) is 2.21. The first-order valence-electron chi connectivity index (χ1n) is 2.03. The fraction of sp³-hybridized carbons (Fsp3) is 1.00. The Balaban J connectivity index is 2.55. The van der Waals surface area contributed by atoms with Crippen molar-refractivity contribution in [3.05, 3.63) is 0 Å². The summed E-state index contributed by atoms with van der Waals surface area (Å²) in [4.78, 5) is -0.833. The van der Waals surface area contributed by atoms with Crippen LogP contribution in [0.4, 0.5) is 0 Å². The molecule has 0 aliphatic heterocycles. The zero-order valence-corrected chi connectivity index (χ0v) is 4.53. The van der Waals surface area contributed by atoms with Crippen LogP contribution in [-0.2, 0) is 11.1 Å². The van der Waals surface area contributed by atoms with Crippen LogP contribution < -0.4 is 5.73 Å². The highest BCUT2D eigenvalue weighted by Gasteiger charge is 2.39. The zero-order chi connectivity index (χ0) is 5.49. The summed E-state index contributed by atoms with van der Waals surface area (Å²) in [5.41, 5.74) is 5.18. The molecule has 0 heterocycles. The summed E-state index contributed by atoms with van der Waals surface area (Å²) in [6.45, 7) is 0. The molecule has 1 aliphatic rings. The van der Waals surface area contributed by atoms with Crippen molar-refractivity contribution in [2.45, 2.75) is 17.7 Å². The van der Waals surface area contributed by atoms with Crippen LogP contribution >= 0.6 is 0 Å². The molecular weight excluding hydrogens is 114 g/mol. The zero-order valence-electron chi connectivity index (χ0n) is 3.72. The van der Waals surface area contributed by atoms with Crippen molar-refractivity contribution in [2.75, 3.05) is 0 Å². The lowest BCUT2D eigenvalue weighted by Gasteiger charge is -2.10. The van der Waals surface area contributed by atoms with Gasteiger partial charge in [0.25, 0.3) is 0 Å². The Bertz CT molecular complexity index is 110. The van der Waals surface area contributed by atoms with Gasteiger partial charge in [0, 0.05) is 0 Å². The van der Waals surface area contributed by atoms with E-state index in [1.54, 1.807) is 0 Å². The van der Waals surface area contributed by atoms with Crippen molar-refractivity contribution < 1.29 is 8.76 Å². The quantitative estimate of drug-likeness (QED) is 0.466. The van der Waals surface area contributed by atoms with E-state index in [2.05, 4.69) is 0 Å². The maximum Gasteiger partial charge on any atom is 0.0790 e. The van der Waals surface area contributed by atoms with E-state index >= 15 is 0 Å². The van der Waals surface area contributed by atoms with Gasteiger partial charge in [0.2, 0.25) is 0 Å². The van der Waals surface area contributed by atoms with E-state index in [9.17, 15) is 8.76 Å². The van der Waals surface area contributed by atoms with Crippen LogP contribution in [0.5, 0.6) is 0 Å². The van der Waals surface area contributed by atoms with Gasteiger partial charge in [-0.1, -0.05) is 0 Å². The molecule has 0 aromatic carbocycles. The second-order valence-corrected chi connectivity index (χ2v) is 3.08. The third-order valence-electron chi connectivity index (χ3n) is 1.07. The molecule has 4 heteroatoms. The highest BCUT2D eigenvalue weighted by Crippen LogP contribution is 2.34. The van der Waals surface area contributed by atoms with Gasteiger partial charge in [-0.15, -0.1) is 0 Å². The van der Waals surface area contributed by atoms with Gasteiger partial charge >= 0.3 is 0 Å². The molecule has 1 rings (SSSR count). The van der Waals surface area contributed by atoms with Gasteiger partial charge in [0.15, 0.2) is 0 Å². The molecule has 7 heavy (non-hydrogen) atoms. The van der Waals surface area contributed by atoms with Crippen molar-refractivity contribution in [3.63, 3.8) is 0 Å². The smallest absolute Gasteiger partial charge is 0.0790 e. The third kappa shape index (κ3) is 0.821. The molecule has 0 radical (unpaired) electrons. The molecule has 3 nitrogen and oxygen atoms in total. The third-order valence-corrected chi connectivity index (χ3v) is 2.15. The lowest BCUT2D eigenvalue weighted by molar-refractivity contribution is 0.520. The van der Waals surface area contributed by atoms with Crippen LogP contribution in [0.3, 0.4) is 0 Å². The molecule has 0 amide bonds. The number of hydrogen-bond donors (Lipinski definition) is 1. The predicted octanol–water partition coefficient (Wildman–Crippen LogP) is -0.686. The summed E-state index contributed by atoms with van der Waals surface area (Å²) in [6.07, 6.45) is 1.26. The van der Waals surface area contributed by atoms with Crippen molar-refractivity contribution >= 4 is 11.1 Å². The number of nitrogens with two attached hydrogens (primary N) is 1. The van der Waals surface area contributed by atoms with Crippen LogP contribution in [-0.4, -0.2) is 13.6 Å². The van der Waals surface area contributed by atoms with E-state index in [1.165, 1.54) is 0 Å². The number of rotatable bonds is 1. The first kappa shape index (κ1) is 5.21. The second-order valence-electron chi connectivity index (χ2n) is 1.80. The molecule has 0 spiro atoms. The molecule has 1 aliphatic carbocycles. The van der Waals surface area contributed by atoms with E-state index in [0.29, 0.717) is 12.8 Å². The minimum Gasteiger partial charge on any atom is -0.771 e. The molecule has 1 unspecified atom stereocenters. The standard InChI is InChI=1S/C3H7NO2S/c4-3(1-2-3)7(5)6/h1-2,4H2,(H,5,6)/p-1. The minimum absolute atomic E-state index is 0.628. The lowest BCUT2D eigenvalue weighted by atomic mass is 10.8. The highest BCUT2D eigenvalue weighted by molar-refractivity contribution is 7.80. The van der Waals surface area contributed by atoms with Gasteiger partial charge in [-0.25, -0.2) is 0 Å². The van der Waals surface area contributed by atoms with Crippen molar-refractivity contribution in [2.24, 2.45) is 5.73 Å². The minimum atomic E-state index is -2.04. The predicted molar refractivity (Wildman–Crippen MR) is 25.1 cm³/mol. The van der Waals surface area contributed by atoms with E-state index < -0.39 is 16.0 Å². The maximum atomic E-state index is 9.96. The van der Waals surface area contributed by atoms with Crippen LogP contribution in [0.15, 0.2) is 0 Å². The monoisotopic (exact) mass is 120 g/mol. The van der Waals surface area contributed by atoms with Gasteiger partial charge < -0.3 is 10.3 Å². The molecule has 42 valence electrons. The first-order valence-corrected chi connectivity index (χ1v) is 3.11. The Labute approximate surface area is 44.2 Å². The van der Waals surface area contributed by atoms with Gasteiger partial charge in [-0.05, 0) is 23.9 Å². The molecule has 0 saturated heterocycles. The van der Waals surface area contributed by atoms with Crippen LogP contribution in [0.25, 0.3) is 0 Å². The summed E-state index contributed by atoms with van der Waals surface area (Å²) < 4.78 is 19.9. The van der Waals surface area contributed by atoms with E-state index in [1.807, 2.05) is 0 Å². The largest absolute Gasteiger partial charge is 0.771 e. The topological polar surface area (TPSA) is 66.2 Å². The fourth-order valence-electron chi connectivity index (χ4n) is 0.290. The first-order chi connectivity index (χ1) is 3.15. The van der Waals surface area contributed by atoms with E-state index in [0.717, 1.165) is 0 Å². The van der Waals surface area contributed by atoms with E-state index in [4.69, 9.17) is 5.73 Å². The molecule has 0 aromatic heterocycles. The van der Waals surface area contributed by atoms with Crippen molar-refractivity contribution in [1.29, 1.82) is 0 Å². The van der Waals surface area contributed by atoms with Crippen LogP contribution in [0.1, 0.15) is 12.8 Å². The summed E-state index contributed by atoms with van der Waals surface area (Å²) in [5.74, 6) is 0. The normalized spacial score (nSPS) is 29.4.